The van der Waals surface area contributed by atoms with Crippen molar-refractivity contribution in [1.82, 2.24) is 0 Å². The van der Waals surface area contributed by atoms with Crippen LogP contribution in [0.15, 0.2) is 162 Å². The van der Waals surface area contributed by atoms with Crippen molar-refractivity contribution in [2.24, 2.45) is 0 Å². The van der Waals surface area contributed by atoms with E-state index in [2.05, 4.69) is 24.3 Å². The van der Waals surface area contributed by atoms with Crippen LogP contribution in [0.25, 0.3) is 87.6 Å². The third-order valence-electron chi connectivity index (χ3n) is 8.06. The second-order valence-electron chi connectivity index (χ2n) is 10.4. The highest BCUT2D eigenvalue weighted by molar-refractivity contribution is 6.27. The minimum atomic E-state index is -0.633. The molecule has 9 aromatic rings. The molecule has 1 nitrogen and oxygen atoms in total. The zero-order valence-electron chi connectivity index (χ0n) is 33.6. The van der Waals surface area contributed by atoms with E-state index in [0.29, 0.717) is 16.3 Å². The van der Waals surface area contributed by atoms with Crippen LogP contribution in [0, 0.1) is 0 Å². The standard InChI is InChI=1S/C42H26O/c1-2-13-27(14-3-1)29-25-37(42-36-22-10-11-24-38(36)43-39(42)26-29)41-34-20-8-6-18-32(34)40(33-19-7-9-21-35(33)41)31-23-12-16-28-15-4-5-17-30(28)31/h1-26H/i1D,2D,3D,10D,11D,13D,14D,22D,24D,25D,26D. The fraction of sp³-hybridized carbons (Fsp3) is 0. The van der Waals surface area contributed by atoms with Gasteiger partial charge in [-0.15, -0.1) is 0 Å². The number of fused-ring (bicyclic) bond motifs is 6. The van der Waals surface area contributed by atoms with E-state index in [1.165, 1.54) is 0 Å². The molecule has 0 saturated carbocycles. The van der Waals surface area contributed by atoms with Crippen molar-refractivity contribution >= 4 is 54.3 Å². The van der Waals surface area contributed by atoms with Gasteiger partial charge in [-0.3, -0.25) is 0 Å². The van der Waals surface area contributed by atoms with Crippen LogP contribution in [0.1, 0.15) is 15.1 Å². The van der Waals surface area contributed by atoms with Crippen molar-refractivity contribution in [3.63, 3.8) is 0 Å². The third-order valence-corrected chi connectivity index (χ3v) is 8.06. The molecule has 0 aliphatic rings. The number of benzene rings is 8. The van der Waals surface area contributed by atoms with Gasteiger partial charge in [0, 0.05) is 10.8 Å². The molecule has 0 fully saturated rings. The fourth-order valence-corrected chi connectivity index (χ4v) is 6.30. The lowest BCUT2D eigenvalue weighted by molar-refractivity contribution is 0.669. The average molecular weight is 558 g/mol. The molecule has 0 spiro atoms. The maximum atomic E-state index is 9.95. The van der Waals surface area contributed by atoms with Crippen LogP contribution in [0.4, 0.5) is 0 Å². The van der Waals surface area contributed by atoms with E-state index >= 15 is 0 Å². The summed E-state index contributed by atoms with van der Waals surface area (Å²) < 4.78 is 103. The summed E-state index contributed by atoms with van der Waals surface area (Å²) in [5.74, 6) is 0. The second kappa shape index (κ2) is 9.44. The van der Waals surface area contributed by atoms with Gasteiger partial charge in [0.1, 0.15) is 11.2 Å². The second-order valence-corrected chi connectivity index (χ2v) is 10.4. The minimum Gasteiger partial charge on any atom is -0.456 e. The summed E-state index contributed by atoms with van der Waals surface area (Å²) in [7, 11) is 0. The molecule has 0 aliphatic heterocycles. The Bertz CT molecular complexity index is 3040. The highest BCUT2D eigenvalue weighted by Crippen LogP contribution is 2.48. The van der Waals surface area contributed by atoms with E-state index in [4.69, 9.17) is 16.8 Å². The van der Waals surface area contributed by atoms with E-state index in [9.17, 15) is 2.74 Å². The highest BCUT2D eigenvalue weighted by Gasteiger charge is 2.22. The molecule has 0 N–H and O–H groups in total. The quantitative estimate of drug-likeness (QED) is 0.197. The van der Waals surface area contributed by atoms with Crippen LogP contribution in [0.3, 0.4) is 0 Å². The van der Waals surface area contributed by atoms with Crippen LogP contribution in [0.2, 0.25) is 0 Å². The Kier molecular flexibility index (Phi) is 3.41. The summed E-state index contributed by atoms with van der Waals surface area (Å²) in [6, 6.07) is 23.7. The van der Waals surface area contributed by atoms with Crippen molar-refractivity contribution in [3.8, 4) is 33.4 Å². The average Bonchev–Trinajstić information content (AvgIpc) is 3.59. The molecular weight excluding hydrogens is 520 g/mol. The molecule has 43 heavy (non-hydrogen) atoms. The van der Waals surface area contributed by atoms with Gasteiger partial charge in [-0.25, -0.2) is 0 Å². The largest absolute Gasteiger partial charge is 0.456 e. The Morgan fingerprint density at radius 2 is 1.00 bits per heavy atom. The first-order valence-corrected chi connectivity index (χ1v) is 13.9. The van der Waals surface area contributed by atoms with Gasteiger partial charge < -0.3 is 4.42 Å². The topological polar surface area (TPSA) is 13.1 Å². The van der Waals surface area contributed by atoms with Crippen molar-refractivity contribution in [1.29, 1.82) is 0 Å². The molecule has 200 valence electrons. The summed E-state index contributed by atoms with van der Waals surface area (Å²) in [5, 5.41) is 5.18. The van der Waals surface area contributed by atoms with Crippen LogP contribution in [-0.4, -0.2) is 0 Å². The summed E-state index contributed by atoms with van der Waals surface area (Å²) >= 11 is 0. The lowest BCUT2D eigenvalue weighted by atomic mass is 9.83. The Balaban J connectivity index is 1.57. The molecule has 0 bridgehead atoms. The van der Waals surface area contributed by atoms with Gasteiger partial charge >= 0.3 is 0 Å². The molecule has 0 unspecified atom stereocenters. The smallest absolute Gasteiger partial charge is 0.136 e. The number of rotatable bonds is 3. The predicted molar refractivity (Wildman–Crippen MR) is 183 cm³/mol. The minimum absolute atomic E-state index is 0.0214. The zero-order chi connectivity index (χ0) is 37.9. The van der Waals surface area contributed by atoms with Crippen LogP contribution in [-0.2, 0) is 0 Å². The molecule has 0 radical (unpaired) electrons. The molecule has 0 amide bonds. The van der Waals surface area contributed by atoms with Crippen LogP contribution in [0.5, 0.6) is 0 Å². The molecule has 1 heterocycles. The normalized spacial score (nSPS) is 15.3. The molecule has 0 saturated heterocycles. The van der Waals surface area contributed by atoms with E-state index < -0.39 is 60.4 Å². The van der Waals surface area contributed by atoms with Crippen molar-refractivity contribution in [2.45, 2.75) is 0 Å². The number of para-hydroxylation sites is 1. The monoisotopic (exact) mass is 557 g/mol. The van der Waals surface area contributed by atoms with Crippen LogP contribution >= 0.6 is 0 Å². The van der Waals surface area contributed by atoms with E-state index in [0.717, 1.165) is 32.7 Å². The number of furan rings is 1. The Hall–Kier alpha value is -5.66. The van der Waals surface area contributed by atoms with Crippen molar-refractivity contribution in [2.75, 3.05) is 0 Å². The number of hydrogen-bond acceptors (Lipinski definition) is 1. The number of hydrogen-bond donors (Lipinski definition) is 0. The fourth-order valence-electron chi connectivity index (χ4n) is 6.30. The van der Waals surface area contributed by atoms with E-state index in [1.807, 2.05) is 66.7 Å². The maximum Gasteiger partial charge on any atom is 0.136 e. The first kappa shape index (κ1) is 15.5. The third kappa shape index (κ3) is 3.65. The first-order chi connectivity index (χ1) is 25.9. The molecule has 0 atom stereocenters. The van der Waals surface area contributed by atoms with Gasteiger partial charge in [-0.2, -0.15) is 0 Å². The lowest BCUT2D eigenvalue weighted by Gasteiger charge is -2.19. The van der Waals surface area contributed by atoms with E-state index in [1.54, 1.807) is 0 Å². The van der Waals surface area contributed by atoms with Crippen molar-refractivity contribution < 1.29 is 19.5 Å². The van der Waals surface area contributed by atoms with Crippen molar-refractivity contribution in [3.05, 3.63) is 157 Å². The summed E-state index contributed by atoms with van der Waals surface area (Å²) in [5.41, 5.74) is 1.50. The van der Waals surface area contributed by atoms with E-state index in [-0.39, 0.29) is 44.7 Å². The van der Waals surface area contributed by atoms with Gasteiger partial charge in [0.2, 0.25) is 0 Å². The molecule has 0 aliphatic carbocycles. The van der Waals surface area contributed by atoms with Gasteiger partial charge in [0.25, 0.3) is 0 Å². The zero-order valence-corrected chi connectivity index (χ0v) is 22.6. The summed E-state index contributed by atoms with van der Waals surface area (Å²) in [6.07, 6.45) is 0. The molecule has 8 aromatic carbocycles. The van der Waals surface area contributed by atoms with Gasteiger partial charge in [0.05, 0.1) is 15.1 Å². The Morgan fingerprint density at radius 3 is 1.72 bits per heavy atom. The summed E-state index contributed by atoms with van der Waals surface area (Å²) in [4.78, 5) is 0. The molecule has 9 rings (SSSR count). The van der Waals surface area contributed by atoms with Gasteiger partial charge in [0.15, 0.2) is 0 Å². The maximum absolute atomic E-state index is 9.95. The summed E-state index contributed by atoms with van der Waals surface area (Å²) in [6.45, 7) is 0. The molecule has 1 aromatic heterocycles. The predicted octanol–water partition coefficient (Wildman–Crippen LogP) is 12.0. The lowest BCUT2D eigenvalue weighted by Crippen LogP contribution is -1.92. The Morgan fingerprint density at radius 1 is 0.419 bits per heavy atom. The Labute approximate surface area is 264 Å². The van der Waals surface area contributed by atoms with Gasteiger partial charge in [-0.05, 0) is 83.8 Å². The van der Waals surface area contributed by atoms with Crippen LogP contribution < -0.4 is 0 Å². The molecule has 1 heteroatoms. The highest BCUT2D eigenvalue weighted by atomic mass is 16.3. The molecular formula is C42H26O. The van der Waals surface area contributed by atoms with Gasteiger partial charge in [-0.1, -0.05) is 139 Å². The first-order valence-electron chi connectivity index (χ1n) is 19.4. The SMILES string of the molecule is [2H]c1c([2H])c([2H])c(-c2c([2H])c(-c3c4ccccc4c(-c4cccc5ccccc45)c4ccccc34)c3c(oc4c([2H])c([2H])c([2H])c([2H])c43)c2[2H])c([2H])c1[2H].